The van der Waals surface area contributed by atoms with E-state index < -0.39 is 0 Å². The fourth-order valence-corrected chi connectivity index (χ4v) is 3.50. The number of nitrogens with zero attached hydrogens (tertiary/aromatic N) is 4. The molecule has 2 rings (SSSR count). The molecular weight excluding hydrogens is 401 g/mol. The summed E-state index contributed by atoms with van der Waals surface area (Å²) in [6, 6.07) is 2.13. The fraction of sp³-hybridized carbons (Fsp3) is 0.765. The van der Waals surface area contributed by atoms with Gasteiger partial charge in [-0.15, -0.1) is 24.0 Å². The van der Waals surface area contributed by atoms with Crippen molar-refractivity contribution in [2.45, 2.75) is 47.1 Å². The molecule has 0 saturated carbocycles. The highest BCUT2D eigenvalue weighted by Crippen LogP contribution is 2.20. The molecule has 6 heteroatoms. The van der Waals surface area contributed by atoms with Crippen molar-refractivity contribution < 1.29 is 0 Å². The third kappa shape index (κ3) is 5.97. The van der Waals surface area contributed by atoms with Crippen molar-refractivity contribution in [3.8, 4) is 0 Å². The van der Waals surface area contributed by atoms with Crippen LogP contribution in [-0.2, 0) is 6.54 Å². The maximum atomic E-state index is 4.50. The van der Waals surface area contributed by atoms with Crippen LogP contribution in [0.2, 0.25) is 0 Å². The molecule has 23 heavy (non-hydrogen) atoms. The molecule has 2 heterocycles. The molecule has 5 nitrogen and oxygen atoms in total. The third-order valence-electron chi connectivity index (χ3n) is 4.31. The monoisotopic (exact) mass is 433 g/mol. The van der Waals surface area contributed by atoms with Gasteiger partial charge in [0.2, 0.25) is 0 Å². The second-order valence-electron chi connectivity index (χ2n) is 6.83. The molecule has 1 aliphatic heterocycles. The van der Waals surface area contributed by atoms with Gasteiger partial charge in [-0.25, -0.2) is 0 Å². The molecule has 132 valence electrons. The van der Waals surface area contributed by atoms with Crippen molar-refractivity contribution in [2.75, 3.05) is 26.7 Å². The molecule has 0 bridgehead atoms. The standard InChI is InChI=1S/C17H31N5.HI/c1-13-9-14(2)12-21(11-13)17(18-5)19-7-6-8-22-16(4)10-15(3)20-22;/h10,13-14H,6-9,11-12H2,1-5H3,(H,18,19);1H. The van der Waals surface area contributed by atoms with E-state index in [2.05, 4.69) is 51.8 Å². The van der Waals surface area contributed by atoms with Gasteiger partial charge >= 0.3 is 0 Å². The number of halogens is 1. The molecular formula is C17H32IN5. The lowest BCUT2D eigenvalue weighted by molar-refractivity contribution is 0.208. The third-order valence-corrected chi connectivity index (χ3v) is 4.31. The quantitative estimate of drug-likeness (QED) is 0.344. The van der Waals surface area contributed by atoms with Gasteiger partial charge < -0.3 is 10.2 Å². The molecule has 1 aliphatic rings. The van der Waals surface area contributed by atoms with Gasteiger partial charge in [0.05, 0.1) is 5.69 Å². The summed E-state index contributed by atoms with van der Waals surface area (Å²) in [4.78, 5) is 6.86. The van der Waals surface area contributed by atoms with Crippen molar-refractivity contribution in [3.05, 3.63) is 17.5 Å². The molecule has 2 unspecified atom stereocenters. The van der Waals surface area contributed by atoms with Crippen molar-refractivity contribution >= 4 is 29.9 Å². The topological polar surface area (TPSA) is 45.5 Å². The molecule has 2 atom stereocenters. The summed E-state index contributed by atoms with van der Waals surface area (Å²) in [5, 5.41) is 8.02. The van der Waals surface area contributed by atoms with Gasteiger partial charge in [0.25, 0.3) is 0 Å². The summed E-state index contributed by atoms with van der Waals surface area (Å²) in [6.45, 7) is 12.9. The minimum atomic E-state index is 0. The van der Waals surface area contributed by atoms with Crippen LogP contribution in [0.15, 0.2) is 11.1 Å². The molecule has 1 saturated heterocycles. The van der Waals surface area contributed by atoms with Gasteiger partial charge in [0.15, 0.2) is 5.96 Å². The summed E-state index contributed by atoms with van der Waals surface area (Å²) in [7, 11) is 1.88. The first-order valence-corrected chi connectivity index (χ1v) is 8.46. The van der Waals surface area contributed by atoms with Crippen molar-refractivity contribution in [2.24, 2.45) is 16.8 Å². The Hall–Kier alpha value is -0.790. The number of nitrogens with one attached hydrogen (secondary N) is 1. The van der Waals surface area contributed by atoms with E-state index >= 15 is 0 Å². The van der Waals surface area contributed by atoms with E-state index in [0.717, 1.165) is 56.1 Å². The smallest absolute Gasteiger partial charge is 0.193 e. The number of rotatable bonds is 4. The molecule has 1 N–H and O–H groups in total. The van der Waals surface area contributed by atoms with Gasteiger partial charge in [0, 0.05) is 38.9 Å². The van der Waals surface area contributed by atoms with E-state index in [1.807, 2.05) is 14.0 Å². The first-order valence-electron chi connectivity index (χ1n) is 8.46. The zero-order chi connectivity index (χ0) is 16.1. The molecule has 0 spiro atoms. The molecule has 0 aliphatic carbocycles. The van der Waals surface area contributed by atoms with Crippen LogP contribution in [0, 0.1) is 25.7 Å². The molecule has 1 fully saturated rings. The maximum Gasteiger partial charge on any atom is 0.193 e. The zero-order valence-electron chi connectivity index (χ0n) is 15.2. The molecule has 1 aromatic rings. The number of guanidine groups is 1. The minimum absolute atomic E-state index is 0. The average Bonchev–Trinajstić information content (AvgIpc) is 2.76. The van der Waals surface area contributed by atoms with Crippen molar-refractivity contribution in [1.82, 2.24) is 20.0 Å². The van der Waals surface area contributed by atoms with Gasteiger partial charge in [-0.2, -0.15) is 5.10 Å². The SMILES string of the molecule is CN=C(NCCCn1nc(C)cc1C)N1CC(C)CC(C)C1.I. The molecule has 1 aromatic heterocycles. The highest BCUT2D eigenvalue weighted by atomic mass is 127. The van der Waals surface area contributed by atoms with E-state index in [0.29, 0.717) is 0 Å². The number of hydrogen-bond acceptors (Lipinski definition) is 2. The Labute approximate surface area is 157 Å². The van der Waals surface area contributed by atoms with Crippen LogP contribution in [0.25, 0.3) is 0 Å². The zero-order valence-corrected chi connectivity index (χ0v) is 17.5. The Morgan fingerprint density at radius 1 is 1.30 bits per heavy atom. The number of piperidine rings is 1. The van der Waals surface area contributed by atoms with E-state index in [1.54, 1.807) is 0 Å². The summed E-state index contributed by atoms with van der Waals surface area (Å²) in [6.07, 6.45) is 2.38. The highest BCUT2D eigenvalue weighted by Gasteiger charge is 2.23. The van der Waals surface area contributed by atoms with Crippen LogP contribution in [0.5, 0.6) is 0 Å². The predicted molar refractivity (Wildman–Crippen MR) is 108 cm³/mol. The first-order chi connectivity index (χ1) is 10.5. The van der Waals surface area contributed by atoms with Gasteiger partial charge in [0.1, 0.15) is 0 Å². The Balaban J connectivity index is 0.00000264. The van der Waals surface area contributed by atoms with Gasteiger partial charge in [-0.3, -0.25) is 9.67 Å². The van der Waals surface area contributed by atoms with Gasteiger partial charge in [-0.1, -0.05) is 13.8 Å². The van der Waals surface area contributed by atoms with Crippen molar-refractivity contribution in [3.63, 3.8) is 0 Å². The highest BCUT2D eigenvalue weighted by molar-refractivity contribution is 14.0. The minimum Gasteiger partial charge on any atom is -0.356 e. The van der Waals surface area contributed by atoms with Crippen LogP contribution >= 0.6 is 24.0 Å². The first kappa shape index (κ1) is 20.3. The number of hydrogen-bond donors (Lipinski definition) is 1. The van der Waals surface area contributed by atoms with Crippen LogP contribution in [0.3, 0.4) is 0 Å². The summed E-state index contributed by atoms with van der Waals surface area (Å²) >= 11 is 0. The average molecular weight is 433 g/mol. The van der Waals surface area contributed by atoms with Crippen LogP contribution in [0.4, 0.5) is 0 Å². The lowest BCUT2D eigenvalue weighted by Gasteiger charge is -2.37. The Morgan fingerprint density at radius 3 is 2.48 bits per heavy atom. The lowest BCUT2D eigenvalue weighted by atomic mass is 9.92. The normalized spacial score (nSPS) is 22.0. The number of aliphatic imine (C=N–C) groups is 1. The summed E-state index contributed by atoms with van der Waals surface area (Å²) in [5.41, 5.74) is 2.33. The van der Waals surface area contributed by atoms with Crippen LogP contribution < -0.4 is 5.32 Å². The summed E-state index contributed by atoms with van der Waals surface area (Å²) in [5.74, 6) is 2.54. The second kappa shape index (κ2) is 9.49. The summed E-state index contributed by atoms with van der Waals surface area (Å²) < 4.78 is 2.09. The van der Waals surface area contributed by atoms with Crippen LogP contribution in [0.1, 0.15) is 38.1 Å². The van der Waals surface area contributed by atoms with E-state index in [-0.39, 0.29) is 24.0 Å². The van der Waals surface area contributed by atoms with Gasteiger partial charge in [-0.05, 0) is 44.6 Å². The number of likely N-dealkylation sites (tertiary alicyclic amines) is 1. The van der Waals surface area contributed by atoms with Crippen LogP contribution in [-0.4, -0.2) is 47.3 Å². The van der Waals surface area contributed by atoms with E-state index in [1.165, 1.54) is 12.1 Å². The molecule has 0 radical (unpaired) electrons. The Bertz CT molecular complexity index is 501. The fourth-order valence-electron chi connectivity index (χ4n) is 3.50. The van der Waals surface area contributed by atoms with E-state index in [4.69, 9.17) is 0 Å². The number of aryl methyl sites for hydroxylation is 3. The molecule has 0 amide bonds. The van der Waals surface area contributed by atoms with Crippen molar-refractivity contribution in [1.29, 1.82) is 0 Å². The molecule has 0 aromatic carbocycles. The predicted octanol–water partition coefficient (Wildman–Crippen LogP) is 3.06. The largest absolute Gasteiger partial charge is 0.356 e. The lowest BCUT2D eigenvalue weighted by Crippen LogP contribution is -2.48. The maximum absolute atomic E-state index is 4.50. The van der Waals surface area contributed by atoms with E-state index in [9.17, 15) is 0 Å². The Morgan fingerprint density at radius 2 is 1.96 bits per heavy atom. The number of aromatic nitrogens is 2. The Kier molecular flexibility index (Phi) is 8.36. The second-order valence-corrected chi connectivity index (χ2v) is 6.83.